The topological polar surface area (TPSA) is 63.7 Å². The fourth-order valence-corrected chi connectivity index (χ4v) is 2.51. The van der Waals surface area contributed by atoms with Crippen LogP contribution in [0.4, 0.5) is 4.39 Å². The number of rotatable bonds is 6. The molecule has 0 bridgehead atoms. The molecule has 1 amide bonds. The third-order valence-corrected chi connectivity index (χ3v) is 3.97. The maximum atomic E-state index is 13.4. The largest absolute Gasteiger partial charge is 0.385 e. The first kappa shape index (κ1) is 16.9. The predicted molar refractivity (Wildman–Crippen MR) is 72.9 cm³/mol. The summed E-state index contributed by atoms with van der Waals surface area (Å²) in [7, 11) is 4.00. The fourth-order valence-electron chi connectivity index (χ4n) is 1.59. The summed E-state index contributed by atoms with van der Waals surface area (Å²) >= 11 is 0. The van der Waals surface area contributed by atoms with Gasteiger partial charge in [0.15, 0.2) is 0 Å². The van der Waals surface area contributed by atoms with Gasteiger partial charge in [-0.3, -0.25) is 4.79 Å². The zero-order chi connectivity index (χ0) is 15.3. The summed E-state index contributed by atoms with van der Waals surface area (Å²) in [5.41, 5.74) is 0.0607. The van der Waals surface area contributed by atoms with E-state index in [1.54, 1.807) is 14.2 Å². The van der Waals surface area contributed by atoms with E-state index in [0.29, 0.717) is 19.6 Å². The van der Waals surface area contributed by atoms with Gasteiger partial charge in [-0.05, 0) is 24.6 Å². The van der Waals surface area contributed by atoms with Gasteiger partial charge in [0.2, 0.25) is 0 Å². The highest BCUT2D eigenvalue weighted by Gasteiger charge is 2.20. The van der Waals surface area contributed by atoms with Crippen LogP contribution in [-0.4, -0.2) is 46.5 Å². The van der Waals surface area contributed by atoms with E-state index in [4.69, 9.17) is 15.4 Å². The Morgan fingerprint density at radius 2 is 2.10 bits per heavy atom. The molecule has 0 aliphatic rings. The number of methoxy groups -OCH3 is 1. The Morgan fingerprint density at radius 3 is 2.65 bits per heavy atom. The van der Waals surface area contributed by atoms with Gasteiger partial charge < -0.3 is 9.64 Å². The lowest BCUT2D eigenvalue weighted by atomic mass is 10.2. The molecule has 0 aliphatic carbocycles. The molecule has 0 radical (unpaired) electrons. The van der Waals surface area contributed by atoms with Gasteiger partial charge in [-0.2, -0.15) is 0 Å². The smallest absolute Gasteiger partial charge is 0.264 e. The molecule has 8 heteroatoms. The molecule has 1 aromatic carbocycles. The summed E-state index contributed by atoms with van der Waals surface area (Å²) in [6, 6.07) is 3.06. The van der Waals surface area contributed by atoms with Crippen molar-refractivity contribution in [3.05, 3.63) is 29.6 Å². The lowest BCUT2D eigenvalue weighted by molar-refractivity contribution is 0.0779. The van der Waals surface area contributed by atoms with Crippen LogP contribution >= 0.6 is 10.7 Å². The van der Waals surface area contributed by atoms with E-state index in [9.17, 15) is 17.6 Å². The summed E-state index contributed by atoms with van der Waals surface area (Å²) in [6.07, 6.45) is 0.639. The van der Waals surface area contributed by atoms with E-state index in [1.165, 1.54) is 11.0 Å². The van der Waals surface area contributed by atoms with Crippen LogP contribution in [-0.2, 0) is 13.8 Å². The Kier molecular flexibility index (Phi) is 5.91. The normalized spacial score (nSPS) is 11.4. The Balaban J connectivity index is 2.94. The van der Waals surface area contributed by atoms with Crippen LogP contribution in [0.1, 0.15) is 16.8 Å². The maximum Gasteiger partial charge on any atom is 0.264 e. The van der Waals surface area contributed by atoms with Crippen molar-refractivity contribution in [3.63, 3.8) is 0 Å². The van der Waals surface area contributed by atoms with Crippen LogP contribution in [0.15, 0.2) is 23.1 Å². The van der Waals surface area contributed by atoms with Crippen molar-refractivity contribution in [1.82, 2.24) is 4.90 Å². The number of carbonyl (C=O) groups excluding carboxylic acids is 1. The quantitative estimate of drug-likeness (QED) is 0.592. The number of amides is 1. The van der Waals surface area contributed by atoms with Gasteiger partial charge in [0.05, 0.1) is 0 Å². The average Bonchev–Trinajstić information content (AvgIpc) is 2.37. The molecular weight excluding hydrogens is 309 g/mol. The van der Waals surface area contributed by atoms with Gasteiger partial charge in [-0.25, -0.2) is 12.8 Å². The Labute approximate surface area is 121 Å². The Morgan fingerprint density at radius 1 is 1.45 bits per heavy atom. The van der Waals surface area contributed by atoms with Gasteiger partial charge in [0.25, 0.3) is 15.0 Å². The molecule has 1 aromatic rings. The molecule has 0 saturated carbocycles. The van der Waals surface area contributed by atoms with Crippen molar-refractivity contribution in [2.45, 2.75) is 11.3 Å². The van der Waals surface area contributed by atoms with Crippen molar-refractivity contribution in [3.8, 4) is 0 Å². The van der Waals surface area contributed by atoms with Gasteiger partial charge in [0.1, 0.15) is 10.7 Å². The van der Waals surface area contributed by atoms with Crippen molar-refractivity contribution >= 4 is 25.6 Å². The van der Waals surface area contributed by atoms with Gasteiger partial charge in [0, 0.05) is 43.6 Å². The maximum absolute atomic E-state index is 13.4. The number of halogens is 2. The second kappa shape index (κ2) is 7.01. The monoisotopic (exact) mass is 323 g/mol. The van der Waals surface area contributed by atoms with E-state index in [1.807, 2.05) is 0 Å². The van der Waals surface area contributed by atoms with Crippen molar-refractivity contribution in [2.75, 3.05) is 27.3 Å². The number of carbonyl (C=O) groups is 1. The van der Waals surface area contributed by atoms with Crippen molar-refractivity contribution < 1.29 is 22.3 Å². The molecule has 0 aliphatic heterocycles. The molecule has 0 fully saturated rings. The number of hydrogen-bond acceptors (Lipinski definition) is 4. The van der Waals surface area contributed by atoms with E-state index >= 15 is 0 Å². The molecular formula is C12H15ClFNO4S. The van der Waals surface area contributed by atoms with Gasteiger partial charge in [-0.1, -0.05) is 0 Å². The molecule has 1 rings (SSSR count). The van der Waals surface area contributed by atoms with Crippen LogP contribution < -0.4 is 0 Å². The number of benzene rings is 1. The molecule has 5 nitrogen and oxygen atoms in total. The minimum absolute atomic E-state index is 0.0607. The van der Waals surface area contributed by atoms with Gasteiger partial charge in [-0.15, -0.1) is 0 Å². The third kappa shape index (κ3) is 4.43. The highest BCUT2D eigenvalue weighted by Crippen LogP contribution is 2.21. The SMILES string of the molecule is COCCCN(C)C(=O)c1ccc(F)c(S(=O)(=O)Cl)c1. The standard InChI is InChI=1S/C12H15ClFNO4S/c1-15(6-3-7-19-2)12(16)9-4-5-10(14)11(8-9)20(13,17)18/h4-5,8H,3,6-7H2,1-2H3. The third-order valence-electron chi connectivity index (χ3n) is 2.63. The summed E-state index contributed by atoms with van der Waals surface area (Å²) in [5, 5.41) is 0. The number of ether oxygens (including phenoxy) is 1. The van der Waals surface area contributed by atoms with E-state index in [2.05, 4.69) is 0 Å². The van der Waals surface area contributed by atoms with E-state index in [-0.39, 0.29) is 5.56 Å². The summed E-state index contributed by atoms with van der Waals surface area (Å²) < 4.78 is 40.6. The van der Waals surface area contributed by atoms with Crippen LogP contribution in [0.25, 0.3) is 0 Å². The molecule has 0 saturated heterocycles. The first-order valence-electron chi connectivity index (χ1n) is 5.76. The average molecular weight is 324 g/mol. The van der Waals surface area contributed by atoms with Crippen molar-refractivity contribution in [2.24, 2.45) is 0 Å². The van der Waals surface area contributed by atoms with E-state index in [0.717, 1.165) is 12.1 Å². The van der Waals surface area contributed by atoms with Gasteiger partial charge >= 0.3 is 0 Å². The van der Waals surface area contributed by atoms with Crippen LogP contribution in [0, 0.1) is 5.82 Å². The van der Waals surface area contributed by atoms with Crippen molar-refractivity contribution in [1.29, 1.82) is 0 Å². The van der Waals surface area contributed by atoms with Crippen LogP contribution in [0.3, 0.4) is 0 Å². The van der Waals surface area contributed by atoms with E-state index < -0.39 is 25.7 Å². The summed E-state index contributed by atoms with van der Waals surface area (Å²) in [6.45, 7) is 0.940. The second-order valence-corrected chi connectivity index (χ2v) is 6.69. The Bertz CT molecular complexity index is 591. The molecule has 0 N–H and O–H groups in total. The predicted octanol–water partition coefficient (Wildman–Crippen LogP) is 1.86. The summed E-state index contributed by atoms with van der Waals surface area (Å²) in [5.74, 6) is -1.40. The second-order valence-electron chi connectivity index (χ2n) is 4.16. The molecule has 20 heavy (non-hydrogen) atoms. The molecule has 112 valence electrons. The molecule has 0 aromatic heterocycles. The fraction of sp³-hybridized carbons (Fsp3) is 0.417. The lowest BCUT2D eigenvalue weighted by Gasteiger charge is -2.17. The first-order chi connectivity index (χ1) is 9.27. The minimum atomic E-state index is -4.23. The summed E-state index contributed by atoms with van der Waals surface area (Å²) in [4.78, 5) is 12.8. The first-order valence-corrected chi connectivity index (χ1v) is 8.07. The number of hydrogen-bond donors (Lipinski definition) is 0. The number of nitrogens with zero attached hydrogens (tertiary/aromatic N) is 1. The molecule has 0 spiro atoms. The molecule has 0 atom stereocenters. The lowest BCUT2D eigenvalue weighted by Crippen LogP contribution is -2.28. The zero-order valence-electron chi connectivity index (χ0n) is 11.1. The van der Waals surface area contributed by atoms with Crippen LogP contribution in [0.2, 0.25) is 0 Å². The highest BCUT2D eigenvalue weighted by molar-refractivity contribution is 8.13. The molecule has 0 unspecified atom stereocenters. The highest BCUT2D eigenvalue weighted by atomic mass is 35.7. The minimum Gasteiger partial charge on any atom is -0.385 e. The zero-order valence-corrected chi connectivity index (χ0v) is 12.7. The van der Waals surface area contributed by atoms with Crippen LogP contribution in [0.5, 0.6) is 0 Å². The molecule has 0 heterocycles. The Hall–Kier alpha value is -1.18.